The Morgan fingerprint density at radius 1 is 0.348 bits per heavy atom. The van der Waals surface area contributed by atoms with Gasteiger partial charge in [0.05, 0.1) is 0 Å². The summed E-state index contributed by atoms with van der Waals surface area (Å²) in [6.07, 6.45) is 0. The summed E-state index contributed by atoms with van der Waals surface area (Å²) in [7, 11) is -16.2. The molecule has 0 aliphatic rings. The van der Waals surface area contributed by atoms with Crippen molar-refractivity contribution in [3.8, 4) is 0 Å². The molecule has 0 aromatic heterocycles. The minimum atomic E-state index is -5.39. The average molecular weight is 1250 g/mol. The zero-order valence-corrected chi connectivity index (χ0v) is 22.5. The van der Waals surface area contributed by atoms with E-state index in [9.17, 15) is 0 Å². The van der Waals surface area contributed by atoms with Crippen molar-refractivity contribution in [1.82, 2.24) is 0 Å². The van der Waals surface area contributed by atoms with Crippen LogP contribution in [0.15, 0.2) is 0 Å². The van der Waals surface area contributed by atoms with Crippen LogP contribution in [0.1, 0.15) is 0 Å². The van der Waals surface area contributed by atoms with Crippen LogP contribution in [0.3, 0.4) is 0 Å². The van der Waals surface area contributed by atoms with Gasteiger partial charge in [0.2, 0.25) is 0 Å². The molecule has 0 spiro atoms. The Balaban J connectivity index is -0.00000000889. The fraction of sp³-hybridized carbons (Fsp3) is 0. The van der Waals surface area contributed by atoms with Gasteiger partial charge < -0.3 is 98.2 Å². The molecule has 0 aromatic carbocycles. The van der Waals surface area contributed by atoms with Crippen LogP contribution in [0.25, 0.3) is 0 Å². The Kier molecular flexibility index (Phi) is 116. The van der Waals surface area contributed by atoms with Gasteiger partial charge in [0.15, 0.2) is 0 Å². The van der Waals surface area contributed by atoms with Crippen molar-refractivity contribution in [1.29, 1.82) is 0 Å². The Morgan fingerprint density at radius 3 is 0.348 bits per heavy atom. The molecule has 0 aliphatic carbocycles. The first-order valence-corrected chi connectivity index (χ1v) is 6.57. The molecule has 0 N–H and O–H groups in total. The van der Waals surface area contributed by atoms with Gasteiger partial charge >= 0.3 is 235 Å². The molecule has 0 amide bonds. The Labute approximate surface area is 345 Å². The van der Waals surface area contributed by atoms with E-state index in [1.165, 1.54) is 0 Å². The van der Waals surface area contributed by atoms with Crippen molar-refractivity contribution in [3.63, 3.8) is 0 Å². The molecule has 0 atom stereocenters. The third-order valence-corrected chi connectivity index (χ3v) is 0. The summed E-state index contributed by atoms with van der Waals surface area (Å²) in [6.45, 7) is 0. The summed E-state index contributed by atoms with van der Waals surface area (Å²) in [6, 6.07) is 0. The van der Waals surface area contributed by atoms with Crippen molar-refractivity contribution < 1.29 is 292 Å². The van der Waals surface area contributed by atoms with Crippen molar-refractivity contribution in [2.75, 3.05) is 0 Å². The van der Waals surface area contributed by atoms with E-state index < -0.39 is 23.5 Å². The van der Waals surface area contributed by atoms with Gasteiger partial charge in [-0.3, -0.25) is 0 Å². The molecule has 0 aromatic rings. The first-order chi connectivity index (χ1) is 6.00. The Bertz CT molecular complexity index is 226. The first kappa shape index (κ1) is 69.7. The second-order valence-corrected chi connectivity index (χ2v) is 4.02. The molecule has 0 saturated heterocycles. The van der Waals surface area contributed by atoms with Gasteiger partial charge in [0.1, 0.15) is 0 Å². The van der Waals surface area contributed by atoms with Gasteiger partial charge in [0.25, 0.3) is 0 Å². The predicted octanol–water partition coefficient (Wildman–Crippen LogP) is -8.48. The number of phosphoric acid groups is 3. The molecule has 175 valence electrons. The average Bonchev–Trinajstić information content (AvgIpc) is 1.41. The van der Waals surface area contributed by atoms with Gasteiger partial charge in [-0.25, -0.2) is 0 Å². The summed E-state index contributed by atoms with van der Waals surface area (Å²) in [5.41, 5.74) is 0. The number of hydrogen-bond donors (Lipinski definition) is 0. The molecule has 0 rings (SSSR count). The molecular weight excluding hydrogens is 1250 g/mol. The molecule has 23 heavy (non-hydrogen) atoms. The maximum atomic E-state index is 8.55. The monoisotopic (exact) mass is 1250 g/mol. The van der Waals surface area contributed by atoms with Crippen molar-refractivity contribution >= 4 is 64.0 Å². The largest absolute Gasteiger partial charge is 3.00 e. The molecule has 23 heteroatoms. The zero-order valence-electron chi connectivity index (χ0n) is 8.80. The molecule has 0 heterocycles. The third-order valence-electron chi connectivity index (χ3n) is 0. The summed E-state index contributed by atoms with van der Waals surface area (Å²) in [5, 5.41) is 0. The third kappa shape index (κ3) is 323. The molecule has 0 fully saturated rings. The summed E-state index contributed by atoms with van der Waals surface area (Å²) in [4.78, 5) is 76.9. The standard InChI is InChI=1S/3H3O4P.3S.5Yb/c3*1-5(2,3)4;;;;;;;;/h3*(H3,1,2,3,4);;;;;;;;/q;;;3*-2;5*+3/p-9. The van der Waals surface area contributed by atoms with E-state index in [1.54, 1.807) is 0 Å². The fourth-order valence-electron chi connectivity index (χ4n) is 0. The van der Waals surface area contributed by atoms with Crippen LogP contribution in [0.4, 0.5) is 0 Å². The molecule has 0 unspecified atom stereocenters. The second-order valence-electron chi connectivity index (χ2n) is 1.34. The van der Waals surface area contributed by atoms with E-state index in [0.717, 1.165) is 0 Å². The van der Waals surface area contributed by atoms with E-state index in [-0.39, 0.29) is 275 Å². The Morgan fingerprint density at radius 2 is 0.348 bits per heavy atom. The van der Waals surface area contributed by atoms with Crippen LogP contribution in [0.2, 0.25) is 0 Å². The topological polar surface area (TPSA) is 259 Å². The van der Waals surface area contributed by atoms with Gasteiger partial charge in [-0.1, -0.05) is 0 Å². The van der Waals surface area contributed by atoms with E-state index in [0.29, 0.717) is 0 Å². The van der Waals surface area contributed by atoms with Gasteiger partial charge in [-0.15, -0.1) is 0 Å². The Hall–Kier alpha value is 8.98. The molecule has 0 saturated carbocycles. The number of rotatable bonds is 0. The fourth-order valence-corrected chi connectivity index (χ4v) is 0. The van der Waals surface area contributed by atoms with Crippen LogP contribution in [-0.4, -0.2) is 0 Å². The molecule has 0 aliphatic heterocycles. The molecule has 0 bridgehead atoms. The minimum Gasteiger partial charge on any atom is -2.00 e. The van der Waals surface area contributed by atoms with Gasteiger partial charge in [0, 0.05) is 0 Å². The van der Waals surface area contributed by atoms with Crippen LogP contribution >= 0.6 is 23.5 Å². The van der Waals surface area contributed by atoms with E-state index in [4.69, 9.17) is 57.7 Å². The SMILES string of the molecule is O=P([O-])([O-])[O-].O=P([O-])([O-])[O-].O=P([O-])([O-])[O-].[S-2].[S-2].[S-2].[Yb+3].[Yb+3].[Yb+3].[Yb+3].[Yb+3]. The minimum absolute atomic E-state index is 0. The first-order valence-electron chi connectivity index (χ1n) is 2.19. The van der Waals surface area contributed by atoms with Crippen molar-refractivity contribution in [2.45, 2.75) is 0 Å². The summed E-state index contributed by atoms with van der Waals surface area (Å²) >= 11 is 0. The molecule has 5 radical (unpaired) electrons. The normalized spacial score (nSPS) is 7.70. The second kappa shape index (κ2) is 38.3. The predicted molar refractivity (Wildman–Crippen MR) is 44.9 cm³/mol. The quantitative estimate of drug-likeness (QED) is 0.205. The summed E-state index contributed by atoms with van der Waals surface area (Å²) < 4.78 is 25.6. The van der Waals surface area contributed by atoms with E-state index in [2.05, 4.69) is 0 Å². The van der Waals surface area contributed by atoms with E-state index in [1.807, 2.05) is 0 Å². The smallest absolute Gasteiger partial charge is 2.00 e. The van der Waals surface area contributed by atoms with Crippen LogP contribution in [-0.2, 0) is 54.2 Å². The van der Waals surface area contributed by atoms with Gasteiger partial charge in [-0.05, 0) is 0 Å². The van der Waals surface area contributed by atoms with Crippen LogP contribution in [0, 0.1) is 235 Å². The van der Waals surface area contributed by atoms with Crippen LogP contribution in [0.5, 0.6) is 0 Å². The number of hydrogen-bond acceptors (Lipinski definition) is 12. The zero-order chi connectivity index (χ0) is 13.5. The molecular formula is O12P3S3Yb5. The van der Waals surface area contributed by atoms with Crippen LogP contribution < -0.4 is 44.0 Å². The summed E-state index contributed by atoms with van der Waals surface area (Å²) in [5.74, 6) is 0. The van der Waals surface area contributed by atoms with Crippen molar-refractivity contribution in [2.24, 2.45) is 0 Å². The van der Waals surface area contributed by atoms with Crippen molar-refractivity contribution in [3.05, 3.63) is 0 Å². The maximum Gasteiger partial charge on any atom is 3.00 e. The maximum absolute atomic E-state index is 8.55. The molecule has 12 nitrogen and oxygen atoms in total. The van der Waals surface area contributed by atoms with E-state index >= 15 is 0 Å². The van der Waals surface area contributed by atoms with Gasteiger partial charge in [-0.2, -0.15) is 23.5 Å².